The third-order valence-electron chi connectivity index (χ3n) is 6.18. The van der Waals surface area contributed by atoms with Crippen LogP contribution in [0.15, 0.2) is 34.9 Å². The Morgan fingerprint density at radius 2 is 1.85 bits per heavy atom. The van der Waals surface area contributed by atoms with Gasteiger partial charge in [-0.05, 0) is 25.7 Å². The summed E-state index contributed by atoms with van der Waals surface area (Å²) in [6.45, 7) is 0.271. The Balaban J connectivity index is 1.72. The fourth-order valence-electron chi connectivity index (χ4n) is 4.35. The lowest BCUT2D eigenvalue weighted by Crippen LogP contribution is -2.49. The summed E-state index contributed by atoms with van der Waals surface area (Å²) in [6, 6.07) is 7.83. The first-order valence-corrected chi connectivity index (χ1v) is 11.0. The number of nitrogens with one attached hydrogen (secondary N) is 1. The number of aromatic nitrogens is 2. The lowest BCUT2D eigenvalue weighted by atomic mass is 9.75. The van der Waals surface area contributed by atoms with Crippen LogP contribution < -0.4 is 5.32 Å². The maximum Gasteiger partial charge on any atom is 0.326 e. The van der Waals surface area contributed by atoms with Crippen molar-refractivity contribution in [1.29, 1.82) is 0 Å². The van der Waals surface area contributed by atoms with Gasteiger partial charge in [-0.2, -0.15) is 4.98 Å². The molecule has 10 heteroatoms. The average Bonchev–Trinajstić information content (AvgIpc) is 3.47. The van der Waals surface area contributed by atoms with Gasteiger partial charge in [0.25, 0.3) is 0 Å². The summed E-state index contributed by atoms with van der Waals surface area (Å²) < 4.78 is 10.2. The molecule has 0 bridgehead atoms. The Labute approximate surface area is 191 Å². The number of methoxy groups -OCH3 is 1. The number of hydrogen-bond acceptors (Lipinski definition) is 7. The van der Waals surface area contributed by atoms with E-state index in [4.69, 9.17) is 9.26 Å². The van der Waals surface area contributed by atoms with Gasteiger partial charge in [0.1, 0.15) is 6.04 Å². The molecule has 10 nitrogen and oxygen atoms in total. The molecule has 1 aliphatic carbocycles. The van der Waals surface area contributed by atoms with E-state index in [0.29, 0.717) is 18.7 Å². The van der Waals surface area contributed by atoms with Crippen LogP contribution in [-0.4, -0.2) is 58.0 Å². The molecule has 0 spiro atoms. The van der Waals surface area contributed by atoms with Crippen molar-refractivity contribution in [2.24, 2.45) is 11.3 Å². The number of carbonyl (C=O) groups excluding carboxylic acids is 1. The van der Waals surface area contributed by atoms with Gasteiger partial charge in [0.15, 0.2) is 0 Å². The molecule has 1 fully saturated rings. The molecule has 0 unspecified atom stereocenters. The van der Waals surface area contributed by atoms with Crippen molar-refractivity contribution < 1.29 is 33.9 Å². The molecule has 1 aromatic heterocycles. The number of amides is 1. The van der Waals surface area contributed by atoms with E-state index >= 15 is 0 Å². The maximum absolute atomic E-state index is 13.3. The van der Waals surface area contributed by atoms with E-state index in [0.717, 1.165) is 18.4 Å². The Bertz CT molecular complexity index is 954. The smallest absolute Gasteiger partial charge is 0.326 e. The molecule has 0 radical (unpaired) electrons. The standard InChI is InChI=1S/C23H29N3O7/c1-32-12-9-16(20(27)28)14-23(10-5-6-11-23)22(31)24-17(21(29)30)13-18-25-19(26-33-18)15-7-3-2-4-8-15/h2-4,7-8,16-17H,5-6,9-14H2,1H3,(H,24,31)(H,27,28)(H,29,30)/t16-,17+/m1/s1. The second-order valence-corrected chi connectivity index (χ2v) is 8.45. The van der Waals surface area contributed by atoms with Crippen LogP contribution in [0.4, 0.5) is 0 Å². The first-order chi connectivity index (χ1) is 15.8. The second kappa shape index (κ2) is 11.0. The van der Waals surface area contributed by atoms with Crippen LogP contribution in [0.25, 0.3) is 11.4 Å². The number of carboxylic acids is 2. The molecule has 1 heterocycles. The van der Waals surface area contributed by atoms with Crippen molar-refractivity contribution in [2.45, 2.75) is 51.0 Å². The molecule has 1 saturated carbocycles. The molecule has 1 amide bonds. The van der Waals surface area contributed by atoms with Crippen LogP contribution in [0, 0.1) is 11.3 Å². The molecule has 1 aromatic carbocycles. The van der Waals surface area contributed by atoms with E-state index in [1.807, 2.05) is 18.2 Å². The first kappa shape index (κ1) is 24.4. The summed E-state index contributed by atoms with van der Waals surface area (Å²) in [4.78, 5) is 41.1. The summed E-state index contributed by atoms with van der Waals surface area (Å²) in [5, 5.41) is 25.8. The fraction of sp³-hybridized carbons (Fsp3) is 0.522. The molecule has 33 heavy (non-hydrogen) atoms. The Morgan fingerprint density at radius 1 is 1.15 bits per heavy atom. The maximum atomic E-state index is 13.3. The predicted octanol–water partition coefficient (Wildman–Crippen LogP) is 2.54. The van der Waals surface area contributed by atoms with Crippen molar-refractivity contribution in [2.75, 3.05) is 13.7 Å². The lowest BCUT2D eigenvalue weighted by Gasteiger charge is -2.31. The number of hydrogen-bond donors (Lipinski definition) is 3. The number of aliphatic carboxylic acids is 2. The summed E-state index contributed by atoms with van der Waals surface area (Å²) in [6.07, 6.45) is 2.85. The molecular formula is C23H29N3O7. The highest BCUT2D eigenvalue weighted by atomic mass is 16.5. The Hall–Kier alpha value is -3.27. The normalized spacial score (nSPS) is 16.8. The van der Waals surface area contributed by atoms with Gasteiger partial charge in [-0.25, -0.2) is 4.79 Å². The summed E-state index contributed by atoms with van der Waals surface area (Å²) in [7, 11) is 1.50. The minimum atomic E-state index is -1.28. The number of ether oxygens (including phenoxy) is 1. The van der Waals surface area contributed by atoms with Crippen LogP contribution in [0.5, 0.6) is 0 Å². The number of carbonyl (C=O) groups is 3. The zero-order valence-electron chi connectivity index (χ0n) is 18.5. The number of benzene rings is 1. The van der Waals surface area contributed by atoms with E-state index in [9.17, 15) is 24.6 Å². The lowest BCUT2D eigenvalue weighted by molar-refractivity contribution is -0.147. The molecule has 2 aromatic rings. The monoisotopic (exact) mass is 459 g/mol. The topological polar surface area (TPSA) is 152 Å². The molecule has 3 N–H and O–H groups in total. The minimum Gasteiger partial charge on any atom is -0.481 e. The van der Waals surface area contributed by atoms with Crippen molar-refractivity contribution in [3.63, 3.8) is 0 Å². The SMILES string of the molecule is COCC[C@H](CC1(C(=O)N[C@@H](Cc2nc(-c3ccccc3)no2)C(=O)O)CCCC1)C(=O)O. The zero-order chi connectivity index (χ0) is 23.8. The Morgan fingerprint density at radius 3 is 2.45 bits per heavy atom. The van der Waals surface area contributed by atoms with Crippen LogP contribution in [-0.2, 0) is 25.5 Å². The van der Waals surface area contributed by atoms with E-state index < -0.39 is 35.2 Å². The highest BCUT2D eigenvalue weighted by Gasteiger charge is 2.45. The molecule has 1 aliphatic rings. The van der Waals surface area contributed by atoms with Crippen molar-refractivity contribution in [1.82, 2.24) is 15.5 Å². The van der Waals surface area contributed by atoms with Gasteiger partial charge in [0.2, 0.25) is 17.6 Å². The number of rotatable bonds is 12. The first-order valence-electron chi connectivity index (χ1n) is 11.0. The summed E-state index contributed by atoms with van der Waals surface area (Å²) >= 11 is 0. The van der Waals surface area contributed by atoms with Crippen LogP contribution >= 0.6 is 0 Å². The number of nitrogens with zero attached hydrogens (tertiary/aromatic N) is 2. The zero-order valence-corrected chi connectivity index (χ0v) is 18.5. The van der Waals surface area contributed by atoms with Crippen LogP contribution in [0.1, 0.15) is 44.4 Å². The van der Waals surface area contributed by atoms with Gasteiger partial charge in [-0.3, -0.25) is 9.59 Å². The van der Waals surface area contributed by atoms with Crippen molar-refractivity contribution in [3.8, 4) is 11.4 Å². The number of carboxylic acid groups (broad SMARTS) is 2. The third kappa shape index (κ3) is 6.16. The van der Waals surface area contributed by atoms with Crippen molar-refractivity contribution >= 4 is 17.8 Å². The second-order valence-electron chi connectivity index (χ2n) is 8.45. The van der Waals surface area contributed by atoms with Gasteiger partial charge < -0.3 is 24.8 Å². The predicted molar refractivity (Wildman–Crippen MR) is 116 cm³/mol. The van der Waals surface area contributed by atoms with Crippen molar-refractivity contribution in [3.05, 3.63) is 36.2 Å². The van der Waals surface area contributed by atoms with Crippen LogP contribution in [0.2, 0.25) is 0 Å². The van der Waals surface area contributed by atoms with E-state index in [1.54, 1.807) is 12.1 Å². The summed E-state index contributed by atoms with van der Waals surface area (Å²) in [5.41, 5.74) is -0.196. The third-order valence-corrected chi connectivity index (χ3v) is 6.18. The largest absolute Gasteiger partial charge is 0.481 e. The Kier molecular flexibility index (Phi) is 8.16. The van der Waals surface area contributed by atoms with E-state index in [1.165, 1.54) is 7.11 Å². The molecule has 178 valence electrons. The van der Waals surface area contributed by atoms with Gasteiger partial charge in [0.05, 0.1) is 17.8 Å². The van der Waals surface area contributed by atoms with Gasteiger partial charge in [0, 0.05) is 19.3 Å². The molecular weight excluding hydrogens is 430 g/mol. The molecule has 2 atom stereocenters. The van der Waals surface area contributed by atoms with Crippen LogP contribution in [0.3, 0.4) is 0 Å². The molecule has 0 saturated heterocycles. The molecule has 0 aliphatic heterocycles. The van der Waals surface area contributed by atoms with Gasteiger partial charge >= 0.3 is 11.9 Å². The van der Waals surface area contributed by atoms with Gasteiger partial charge in [-0.1, -0.05) is 48.3 Å². The highest BCUT2D eigenvalue weighted by molar-refractivity contribution is 5.88. The quantitative estimate of drug-likeness (QED) is 0.435. The fourth-order valence-corrected chi connectivity index (χ4v) is 4.35. The highest BCUT2D eigenvalue weighted by Crippen LogP contribution is 2.44. The summed E-state index contributed by atoms with van der Waals surface area (Å²) in [5.74, 6) is -2.99. The molecule has 3 rings (SSSR count). The van der Waals surface area contributed by atoms with E-state index in [-0.39, 0.29) is 31.8 Å². The van der Waals surface area contributed by atoms with Gasteiger partial charge in [-0.15, -0.1) is 0 Å². The van der Waals surface area contributed by atoms with E-state index in [2.05, 4.69) is 15.5 Å². The minimum absolute atomic E-state index is 0.0885. The average molecular weight is 459 g/mol.